The lowest BCUT2D eigenvalue weighted by Gasteiger charge is -2.41. The van der Waals surface area contributed by atoms with Gasteiger partial charge in [-0.25, -0.2) is 9.38 Å². The van der Waals surface area contributed by atoms with E-state index in [-0.39, 0.29) is 29.0 Å². The number of aromatic nitrogens is 3. The van der Waals surface area contributed by atoms with E-state index in [1.165, 1.54) is 12.1 Å². The maximum absolute atomic E-state index is 13.9. The highest BCUT2D eigenvalue weighted by molar-refractivity contribution is 6.11. The van der Waals surface area contributed by atoms with Crippen LogP contribution in [0.4, 0.5) is 10.2 Å². The molecule has 7 rings (SSSR count). The van der Waals surface area contributed by atoms with E-state index >= 15 is 0 Å². The van der Waals surface area contributed by atoms with Crippen molar-refractivity contribution in [2.45, 2.75) is 69.8 Å². The fourth-order valence-corrected chi connectivity index (χ4v) is 7.49. The Kier molecular flexibility index (Phi) is 7.51. The van der Waals surface area contributed by atoms with Crippen molar-refractivity contribution < 1.29 is 18.7 Å². The van der Waals surface area contributed by atoms with Gasteiger partial charge in [0.05, 0.1) is 17.7 Å². The second-order valence-corrected chi connectivity index (χ2v) is 12.5. The molecule has 3 aromatic rings. The van der Waals surface area contributed by atoms with Crippen LogP contribution in [0.3, 0.4) is 0 Å². The van der Waals surface area contributed by atoms with Crippen LogP contribution >= 0.6 is 0 Å². The lowest BCUT2D eigenvalue weighted by Crippen LogP contribution is -2.43. The molecular formula is C34H36FN5O3. The van der Waals surface area contributed by atoms with Crippen LogP contribution in [0.2, 0.25) is 0 Å². The van der Waals surface area contributed by atoms with Crippen LogP contribution in [0.25, 0.3) is 17.2 Å². The Labute approximate surface area is 250 Å². The topological polar surface area (TPSA) is 109 Å². The summed E-state index contributed by atoms with van der Waals surface area (Å²) >= 11 is 0. The van der Waals surface area contributed by atoms with Gasteiger partial charge in [0.25, 0.3) is 5.91 Å². The second kappa shape index (κ2) is 11.6. The summed E-state index contributed by atoms with van der Waals surface area (Å²) in [5.41, 5.74) is 4.16. The highest BCUT2D eigenvalue weighted by Crippen LogP contribution is 2.53. The number of nitrogens with zero attached hydrogens (tertiary/aromatic N) is 3. The minimum Gasteiger partial charge on any atom is -0.378 e. The molecule has 4 aliphatic rings. The molecule has 3 atom stereocenters. The Morgan fingerprint density at radius 1 is 1.14 bits per heavy atom. The number of aliphatic imine (C=N–C) groups is 1. The molecular weight excluding hydrogens is 545 g/mol. The van der Waals surface area contributed by atoms with Crippen molar-refractivity contribution in [2.24, 2.45) is 16.3 Å². The number of rotatable bonds is 7. The van der Waals surface area contributed by atoms with Gasteiger partial charge in [-0.15, -0.1) is 0 Å². The minimum atomic E-state index is -0.433. The number of benzene rings is 1. The molecule has 2 aliphatic heterocycles. The molecule has 1 spiro atoms. The fraction of sp³-hybridized carbons (Fsp3) is 0.441. The van der Waals surface area contributed by atoms with Gasteiger partial charge >= 0.3 is 0 Å². The third-order valence-corrected chi connectivity index (χ3v) is 9.62. The van der Waals surface area contributed by atoms with Gasteiger partial charge in [0.2, 0.25) is 0 Å². The molecule has 2 saturated carbocycles. The standard InChI is InChI=1S/C34H36FN5O3/c35-23-6-3-5-21(17-23)22-8-9-24(37-20-22)10-11-26-29-27(18-34(19-28(29)41)13-1-2-14-34)38-32-30(26)31(39-40-32)33(42)36-15-12-25-7-4-16-43-25/h3,5-6,8-11,17,20,25-26,29H,1-2,4,7,12-16,18-19H2,(H,36,42)(H,39,40)/b11-10+. The highest BCUT2D eigenvalue weighted by Gasteiger charge is 2.50. The van der Waals surface area contributed by atoms with Gasteiger partial charge in [-0.2, -0.15) is 5.10 Å². The smallest absolute Gasteiger partial charge is 0.269 e. The van der Waals surface area contributed by atoms with Crippen molar-refractivity contribution in [3.63, 3.8) is 0 Å². The van der Waals surface area contributed by atoms with E-state index in [1.54, 1.807) is 12.3 Å². The van der Waals surface area contributed by atoms with Gasteiger partial charge < -0.3 is 10.1 Å². The van der Waals surface area contributed by atoms with Gasteiger partial charge in [0.1, 0.15) is 17.3 Å². The zero-order valence-corrected chi connectivity index (χ0v) is 24.2. The number of hydrogen-bond donors (Lipinski definition) is 2. The quantitative estimate of drug-likeness (QED) is 0.339. The SMILES string of the molecule is O=C(NCCC1CCCO1)c1[nH]nc2c1C(/C=C/c1ccc(-c3cccc(F)c3)cn1)C1C(=O)CC3(CCCC3)CC1=N2. The molecule has 1 aromatic carbocycles. The first-order valence-electron chi connectivity index (χ1n) is 15.5. The molecule has 4 heterocycles. The van der Waals surface area contributed by atoms with Crippen molar-refractivity contribution in [2.75, 3.05) is 13.2 Å². The second-order valence-electron chi connectivity index (χ2n) is 12.5. The summed E-state index contributed by atoms with van der Waals surface area (Å²) in [5.74, 6) is -0.698. The number of carbonyl (C=O) groups excluding carboxylic acids is 2. The molecule has 9 heteroatoms. The Morgan fingerprint density at radius 3 is 2.79 bits per heavy atom. The lowest BCUT2D eigenvalue weighted by molar-refractivity contribution is -0.124. The van der Waals surface area contributed by atoms with Crippen molar-refractivity contribution in [1.82, 2.24) is 20.5 Å². The number of H-pyrrole nitrogens is 1. The van der Waals surface area contributed by atoms with Crippen molar-refractivity contribution in [1.29, 1.82) is 0 Å². The van der Waals surface area contributed by atoms with Crippen molar-refractivity contribution in [3.8, 4) is 11.1 Å². The number of amides is 1. The third kappa shape index (κ3) is 5.58. The summed E-state index contributed by atoms with van der Waals surface area (Å²) in [4.78, 5) is 36.8. The molecule has 2 N–H and O–H groups in total. The molecule has 0 radical (unpaired) electrons. The van der Waals surface area contributed by atoms with E-state index in [1.807, 2.05) is 30.4 Å². The summed E-state index contributed by atoms with van der Waals surface area (Å²) in [6.07, 6.45) is 14.4. The normalized spacial score (nSPS) is 24.3. The van der Waals surface area contributed by atoms with E-state index < -0.39 is 11.8 Å². The zero-order chi connectivity index (χ0) is 29.4. The van der Waals surface area contributed by atoms with Crippen LogP contribution in [0.15, 0.2) is 53.7 Å². The number of aromatic amines is 1. The maximum Gasteiger partial charge on any atom is 0.269 e. The van der Waals surface area contributed by atoms with Crippen molar-refractivity contribution >= 4 is 29.3 Å². The van der Waals surface area contributed by atoms with E-state index in [0.29, 0.717) is 35.7 Å². The average molecular weight is 582 g/mol. The molecule has 1 amide bonds. The van der Waals surface area contributed by atoms with Gasteiger partial charge in [0.15, 0.2) is 5.82 Å². The van der Waals surface area contributed by atoms with Crippen LogP contribution in [0.1, 0.15) is 85.5 Å². The minimum absolute atomic E-state index is 0.00526. The van der Waals surface area contributed by atoms with Crippen LogP contribution < -0.4 is 5.32 Å². The lowest BCUT2D eigenvalue weighted by atomic mass is 9.63. The highest BCUT2D eigenvalue weighted by atomic mass is 19.1. The zero-order valence-electron chi connectivity index (χ0n) is 24.2. The molecule has 0 bridgehead atoms. The number of pyridine rings is 1. The van der Waals surface area contributed by atoms with Crippen LogP contribution in [0, 0.1) is 17.2 Å². The number of hydrogen-bond acceptors (Lipinski definition) is 6. The molecule has 1 saturated heterocycles. The number of allylic oxidation sites excluding steroid dienone is 1. The number of carbonyl (C=O) groups is 2. The molecule has 3 unspecified atom stereocenters. The fourth-order valence-electron chi connectivity index (χ4n) is 7.49. The third-order valence-electron chi connectivity index (χ3n) is 9.62. The van der Waals surface area contributed by atoms with E-state index in [2.05, 4.69) is 20.5 Å². The average Bonchev–Trinajstić information content (AvgIpc) is 3.78. The summed E-state index contributed by atoms with van der Waals surface area (Å²) in [6, 6.07) is 10.2. The molecule has 43 heavy (non-hydrogen) atoms. The Hall–Kier alpha value is -3.98. The largest absolute Gasteiger partial charge is 0.378 e. The van der Waals surface area contributed by atoms with Gasteiger partial charge in [-0.1, -0.05) is 37.1 Å². The molecule has 8 nitrogen and oxygen atoms in total. The number of fused-ring (bicyclic) bond motifs is 2. The Morgan fingerprint density at radius 2 is 2.02 bits per heavy atom. The summed E-state index contributed by atoms with van der Waals surface area (Å²) < 4.78 is 19.4. The van der Waals surface area contributed by atoms with Gasteiger partial charge in [-0.3, -0.25) is 19.7 Å². The van der Waals surface area contributed by atoms with E-state index in [0.717, 1.165) is 74.8 Å². The maximum atomic E-state index is 13.9. The number of ether oxygens (including phenoxy) is 1. The molecule has 222 valence electrons. The van der Waals surface area contributed by atoms with Crippen molar-refractivity contribution in [3.05, 3.63) is 71.4 Å². The first-order valence-corrected chi connectivity index (χ1v) is 15.5. The van der Waals surface area contributed by atoms with E-state index in [9.17, 15) is 14.0 Å². The Balaban J connectivity index is 1.18. The monoisotopic (exact) mass is 581 g/mol. The number of halogens is 1. The van der Waals surface area contributed by atoms with Crippen LogP contribution in [-0.2, 0) is 9.53 Å². The molecule has 2 aliphatic carbocycles. The van der Waals surface area contributed by atoms with Crippen LogP contribution in [-0.4, -0.2) is 51.8 Å². The number of ketones is 1. The number of Topliss-reactive ketones (excluding diaryl/α,β-unsaturated/α-hetero) is 1. The van der Waals surface area contributed by atoms with Gasteiger partial charge in [-0.05, 0) is 73.8 Å². The first-order chi connectivity index (χ1) is 21.0. The first kappa shape index (κ1) is 27.8. The number of nitrogens with one attached hydrogen (secondary N) is 2. The Bertz CT molecular complexity index is 1580. The summed E-state index contributed by atoms with van der Waals surface area (Å²) in [5, 5.41) is 10.4. The predicted octanol–water partition coefficient (Wildman–Crippen LogP) is 6.33. The summed E-state index contributed by atoms with van der Waals surface area (Å²) in [7, 11) is 0. The summed E-state index contributed by atoms with van der Waals surface area (Å²) in [6.45, 7) is 1.28. The van der Waals surface area contributed by atoms with Crippen LogP contribution in [0.5, 0.6) is 0 Å². The molecule has 2 aromatic heterocycles. The van der Waals surface area contributed by atoms with Gasteiger partial charge in [0, 0.05) is 48.5 Å². The predicted molar refractivity (Wildman–Crippen MR) is 162 cm³/mol. The van der Waals surface area contributed by atoms with E-state index in [4.69, 9.17) is 9.73 Å². The molecule has 3 fully saturated rings.